The van der Waals surface area contributed by atoms with Crippen molar-refractivity contribution >= 4 is 0 Å². The van der Waals surface area contributed by atoms with Crippen LogP contribution in [-0.2, 0) is 6.54 Å². The lowest BCUT2D eigenvalue weighted by Crippen LogP contribution is -2.16. The van der Waals surface area contributed by atoms with Gasteiger partial charge in [-0.1, -0.05) is 19.3 Å². The zero-order chi connectivity index (χ0) is 11.2. The van der Waals surface area contributed by atoms with Gasteiger partial charge >= 0.3 is 0 Å². The molecule has 1 fully saturated rings. The highest BCUT2D eigenvalue weighted by molar-refractivity contribution is 5.07. The summed E-state index contributed by atoms with van der Waals surface area (Å²) >= 11 is 0. The Balaban J connectivity index is 1.83. The van der Waals surface area contributed by atoms with Crippen molar-refractivity contribution in [3.8, 4) is 5.88 Å². The third kappa shape index (κ3) is 3.17. The molecular formula is C12H19N3O. The fourth-order valence-electron chi connectivity index (χ4n) is 2.11. The van der Waals surface area contributed by atoms with Crippen molar-refractivity contribution in [1.29, 1.82) is 0 Å². The summed E-state index contributed by atoms with van der Waals surface area (Å²) in [6.07, 6.45) is 9.94. The largest absolute Gasteiger partial charge is 0.476 e. The summed E-state index contributed by atoms with van der Waals surface area (Å²) in [4.78, 5) is 8.32. The topological polar surface area (TPSA) is 61.0 Å². The monoisotopic (exact) mass is 221 g/mol. The first-order chi connectivity index (χ1) is 7.88. The molecule has 1 aromatic heterocycles. The lowest BCUT2D eigenvalue weighted by molar-refractivity contribution is 0.202. The molecule has 0 aliphatic heterocycles. The van der Waals surface area contributed by atoms with Gasteiger partial charge < -0.3 is 10.5 Å². The highest BCUT2D eigenvalue weighted by Gasteiger charge is 2.14. The van der Waals surface area contributed by atoms with Crippen LogP contribution in [0, 0.1) is 5.92 Å². The molecule has 0 saturated heterocycles. The standard InChI is InChI=1S/C12H19N3O/c13-6-11-7-14-8-12(15-11)16-9-10-4-2-1-3-5-10/h7-8,10H,1-6,9,13H2. The van der Waals surface area contributed by atoms with Crippen LogP contribution < -0.4 is 10.5 Å². The van der Waals surface area contributed by atoms with E-state index in [1.165, 1.54) is 32.1 Å². The Hall–Kier alpha value is -1.16. The second-order valence-electron chi connectivity index (χ2n) is 4.37. The number of aromatic nitrogens is 2. The van der Waals surface area contributed by atoms with Crippen LogP contribution in [0.3, 0.4) is 0 Å². The maximum atomic E-state index is 5.66. The number of hydrogen-bond acceptors (Lipinski definition) is 4. The van der Waals surface area contributed by atoms with Gasteiger partial charge in [-0.3, -0.25) is 4.98 Å². The summed E-state index contributed by atoms with van der Waals surface area (Å²) in [5, 5.41) is 0. The van der Waals surface area contributed by atoms with E-state index < -0.39 is 0 Å². The second kappa shape index (κ2) is 5.80. The molecule has 4 nitrogen and oxygen atoms in total. The van der Waals surface area contributed by atoms with Crippen molar-refractivity contribution in [2.75, 3.05) is 6.61 Å². The van der Waals surface area contributed by atoms with E-state index in [0.717, 1.165) is 12.3 Å². The third-order valence-electron chi connectivity index (χ3n) is 3.06. The number of nitrogens with zero attached hydrogens (tertiary/aromatic N) is 2. The first kappa shape index (κ1) is 11.3. The zero-order valence-corrected chi connectivity index (χ0v) is 9.56. The SMILES string of the molecule is NCc1cncc(OCC2CCCCC2)n1. The molecular weight excluding hydrogens is 202 g/mol. The smallest absolute Gasteiger partial charge is 0.232 e. The van der Waals surface area contributed by atoms with E-state index in [4.69, 9.17) is 10.5 Å². The Morgan fingerprint density at radius 2 is 2.06 bits per heavy atom. The Morgan fingerprint density at radius 3 is 2.81 bits per heavy atom. The average molecular weight is 221 g/mol. The van der Waals surface area contributed by atoms with E-state index in [9.17, 15) is 0 Å². The maximum absolute atomic E-state index is 5.66. The van der Waals surface area contributed by atoms with Crippen LogP contribution >= 0.6 is 0 Å². The summed E-state index contributed by atoms with van der Waals surface area (Å²) < 4.78 is 5.66. The van der Waals surface area contributed by atoms with Gasteiger partial charge in [0.25, 0.3) is 0 Å². The van der Waals surface area contributed by atoms with Gasteiger partial charge in [-0.25, -0.2) is 4.98 Å². The van der Waals surface area contributed by atoms with Gasteiger partial charge in [0.1, 0.15) is 0 Å². The Kier molecular flexibility index (Phi) is 4.10. The highest BCUT2D eigenvalue weighted by Crippen LogP contribution is 2.24. The summed E-state index contributed by atoms with van der Waals surface area (Å²) in [5.41, 5.74) is 6.28. The number of nitrogens with two attached hydrogens (primary N) is 1. The maximum Gasteiger partial charge on any atom is 0.232 e. The predicted octanol–water partition coefficient (Wildman–Crippen LogP) is 1.89. The van der Waals surface area contributed by atoms with Crippen LogP contribution in [0.25, 0.3) is 0 Å². The Morgan fingerprint density at radius 1 is 1.25 bits per heavy atom. The van der Waals surface area contributed by atoms with Crippen molar-refractivity contribution < 1.29 is 4.74 Å². The van der Waals surface area contributed by atoms with Crippen molar-refractivity contribution in [3.05, 3.63) is 18.1 Å². The van der Waals surface area contributed by atoms with Gasteiger partial charge in [0.05, 0.1) is 18.5 Å². The van der Waals surface area contributed by atoms with E-state index in [1.54, 1.807) is 12.4 Å². The summed E-state index contributed by atoms with van der Waals surface area (Å²) in [5.74, 6) is 1.30. The minimum Gasteiger partial charge on any atom is -0.476 e. The number of rotatable bonds is 4. The molecule has 1 saturated carbocycles. The first-order valence-electron chi connectivity index (χ1n) is 6.02. The molecule has 16 heavy (non-hydrogen) atoms. The molecule has 0 atom stereocenters. The molecule has 1 aliphatic rings. The first-order valence-corrected chi connectivity index (χ1v) is 6.02. The second-order valence-corrected chi connectivity index (χ2v) is 4.37. The average Bonchev–Trinajstić information content (AvgIpc) is 2.38. The molecule has 2 rings (SSSR count). The lowest BCUT2D eigenvalue weighted by Gasteiger charge is -2.21. The highest BCUT2D eigenvalue weighted by atomic mass is 16.5. The molecule has 0 bridgehead atoms. The summed E-state index contributed by atoms with van der Waals surface area (Å²) in [6, 6.07) is 0. The Bertz CT molecular complexity index is 324. The van der Waals surface area contributed by atoms with Gasteiger partial charge in [0.15, 0.2) is 0 Å². The predicted molar refractivity (Wildman–Crippen MR) is 62.0 cm³/mol. The van der Waals surface area contributed by atoms with Crippen LogP contribution in [0.4, 0.5) is 0 Å². The molecule has 0 unspecified atom stereocenters. The van der Waals surface area contributed by atoms with Crippen molar-refractivity contribution in [1.82, 2.24) is 9.97 Å². The zero-order valence-electron chi connectivity index (χ0n) is 9.56. The van der Waals surface area contributed by atoms with Crippen molar-refractivity contribution in [2.24, 2.45) is 11.7 Å². The van der Waals surface area contributed by atoms with Gasteiger partial charge in [0, 0.05) is 12.7 Å². The van der Waals surface area contributed by atoms with E-state index in [2.05, 4.69) is 9.97 Å². The molecule has 1 aliphatic carbocycles. The van der Waals surface area contributed by atoms with E-state index in [0.29, 0.717) is 18.3 Å². The molecule has 4 heteroatoms. The van der Waals surface area contributed by atoms with Crippen LogP contribution in [-0.4, -0.2) is 16.6 Å². The third-order valence-corrected chi connectivity index (χ3v) is 3.06. The fraction of sp³-hybridized carbons (Fsp3) is 0.667. The van der Waals surface area contributed by atoms with Crippen LogP contribution in [0.5, 0.6) is 5.88 Å². The van der Waals surface area contributed by atoms with E-state index >= 15 is 0 Å². The molecule has 0 spiro atoms. The summed E-state index contributed by atoms with van der Waals surface area (Å²) in [7, 11) is 0. The molecule has 0 aromatic carbocycles. The molecule has 1 aromatic rings. The molecule has 0 amide bonds. The number of ether oxygens (including phenoxy) is 1. The quantitative estimate of drug-likeness (QED) is 0.843. The minimum atomic E-state index is 0.410. The molecule has 2 N–H and O–H groups in total. The minimum absolute atomic E-state index is 0.410. The van der Waals surface area contributed by atoms with Crippen LogP contribution in [0.2, 0.25) is 0 Å². The van der Waals surface area contributed by atoms with Crippen molar-refractivity contribution in [2.45, 2.75) is 38.6 Å². The van der Waals surface area contributed by atoms with E-state index in [1.807, 2.05) is 0 Å². The number of hydrogen-bond donors (Lipinski definition) is 1. The lowest BCUT2D eigenvalue weighted by atomic mass is 9.90. The normalized spacial score (nSPS) is 17.3. The van der Waals surface area contributed by atoms with Gasteiger partial charge in [0.2, 0.25) is 5.88 Å². The van der Waals surface area contributed by atoms with Crippen LogP contribution in [0.1, 0.15) is 37.8 Å². The van der Waals surface area contributed by atoms with Gasteiger partial charge in [-0.05, 0) is 18.8 Å². The molecule has 88 valence electrons. The van der Waals surface area contributed by atoms with Crippen LogP contribution in [0.15, 0.2) is 12.4 Å². The van der Waals surface area contributed by atoms with Gasteiger partial charge in [-0.15, -0.1) is 0 Å². The van der Waals surface area contributed by atoms with Crippen molar-refractivity contribution in [3.63, 3.8) is 0 Å². The Labute approximate surface area is 96.2 Å². The summed E-state index contributed by atoms with van der Waals surface area (Å²) in [6.45, 7) is 1.18. The van der Waals surface area contributed by atoms with Gasteiger partial charge in [-0.2, -0.15) is 0 Å². The molecule has 0 radical (unpaired) electrons. The fourth-order valence-corrected chi connectivity index (χ4v) is 2.11. The van der Waals surface area contributed by atoms with E-state index in [-0.39, 0.29) is 0 Å². The molecule has 1 heterocycles.